The average Bonchev–Trinajstić information content (AvgIpc) is 2.52. The van der Waals surface area contributed by atoms with E-state index < -0.39 is 12.0 Å². The summed E-state index contributed by atoms with van der Waals surface area (Å²) in [5, 5.41) is 9.50. The number of hydrogen-bond donors (Lipinski definition) is 1. The molecular formula is C17H19NO4. The summed E-state index contributed by atoms with van der Waals surface area (Å²) in [5.74, 6) is -1.16. The summed E-state index contributed by atoms with van der Waals surface area (Å²) in [4.78, 5) is 25.3. The Morgan fingerprint density at radius 1 is 1.23 bits per heavy atom. The minimum atomic E-state index is -0.922. The van der Waals surface area contributed by atoms with Gasteiger partial charge in [-0.25, -0.2) is 4.79 Å². The minimum Gasteiger partial charge on any atom is -0.480 e. The van der Waals surface area contributed by atoms with E-state index in [2.05, 4.69) is 0 Å². The van der Waals surface area contributed by atoms with Crippen molar-refractivity contribution in [1.29, 1.82) is 0 Å². The Balaban J connectivity index is 1.71. The quantitative estimate of drug-likeness (QED) is 0.864. The molecular weight excluding hydrogens is 282 g/mol. The molecule has 0 saturated carbocycles. The van der Waals surface area contributed by atoms with Crippen LogP contribution in [0.2, 0.25) is 0 Å². The summed E-state index contributed by atoms with van der Waals surface area (Å²) in [6.07, 6.45) is 4.58. The van der Waals surface area contributed by atoms with E-state index in [-0.39, 0.29) is 11.3 Å². The third-order valence-electron chi connectivity index (χ3n) is 4.60. The van der Waals surface area contributed by atoms with Crippen molar-refractivity contribution in [1.82, 2.24) is 4.90 Å². The molecule has 1 spiro atoms. The number of carboxylic acids is 1. The SMILES string of the molecule is O=C(O)C1N(C(=O)/C=C/c2ccccc2)CC12CCOCC2. The Morgan fingerprint density at radius 3 is 2.55 bits per heavy atom. The first kappa shape index (κ1) is 14.8. The molecule has 1 atom stereocenters. The first-order valence-corrected chi connectivity index (χ1v) is 7.47. The molecule has 2 fully saturated rings. The number of likely N-dealkylation sites (tertiary alicyclic amines) is 1. The first-order valence-electron chi connectivity index (χ1n) is 7.47. The number of nitrogens with zero attached hydrogens (tertiary/aromatic N) is 1. The minimum absolute atomic E-state index is 0.242. The Kier molecular flexibility index (Phi) is 3.98. The number of aliphatic carboxylic acids is 1. The molecule has 5 heteroatoms. The predicted octanol–water partition coefficient (Wildman–Crippen LogP) is 1.79. The van der Waals surface area contributed by atoms with Crippen molar-refractivity contribution in [3.63, 3.8) is 0 Å². The lowest BCUT2D eigenvalue weighted by Gasteiger charge is -2.56. The van der Waals surface area contributed by atoms with Crippen molar-refractivity contribution in [2.75, 3.05) is 19.8 Å². The van der Waals surface area contributed by atoms with Crippen molar-refractivity contribution in [2.45, 2.75) is 18.9 Å². The van der Waals surface area contributed by atoms with Gasteiger partial charge in [0.25, 0.3) is 0 Å². The molecule has 2 heterocycles. The predicted molar refractivity (Wildman–Crippen MR) is 81.1 cm³/mol. The normalized spacial score (nSPS) is 23.5. The summed E-state index contributed by atoms with van der Waals surface area (Å²) < 4.78 is 5.32. The molecule has 22 heavy (non-hydrogen) atoms. The van der Waals surface area contributed by atoms with Gasteiger partial charge in [0.15, 0.2) is 0 Å². The molecule has 1 unspecified atom stereocenters. The second kappa shape index (κ2) is 5.93. The highest BCUT2D eigenvalue weighted by atomic mass is 16.5. The van der Waals surface area contributed by atoms with E-state index >= 15 is 0 Å². The largest absolute Gasteiger partial charge is 0.480 e. The van der Waals surface area contributed by atoms with Gasteiger partial charge in [-0.05, 0) is 24.5 Å². The fraction of sp³-hybridized carbons (Fsp3) is 0.412. The van der Waals surface area contributed by atoms with Gasteiger partial charge in [0.05, 0.1) is 0 Å². The van der Waals surface area contributed by atoms with Crippen molar-refractivity contribution < 1.29 is 19.4 Å². The topological polar surface area (TPSA) is 66.8 Å². The second-order valence-electron chi connectivity index (χ2n) is 5.93. The van der Waals surface area contributed by atoms with Gasteiger partial charge in [0.1, 0.15) is 6.04 Å². The number of carbonyl (C=O) groups excluding carboxylic acids is 1. The second-order valence-corrected chi connectivity index (χ2v) is 5.93. The van der Waals surface area contributed by atoms with Gasteiger partial charge in [-0.15, -0.1) is 0 Å². The fourth-order valence-corrected chi connectivity index (χ4v) is 3.37. The molecule has 1 amide bonds. The van der Waals surface area contributed by atoms with E-state index in [1.165, 1.54) is 11.0 Å². The van der Waals surface area contributed by atoms with E-state index in [0.29, 0.717) is 32.6 Å². The highest BCUT2D eigenvalue weighted by Crippen LogP contribution is 2.46. The van der Waals surface area contributed by atoms with Crippen LogP contribution in [0.25, 0.3) is 6.08 Å². The van der Waals surface area contributed by atoms with E-state index in [0.717, 1.165) is 5.56 Å². The lowest BCUT2D eigenvalue weighted by atomic mass is 9.66. The standard InChI is InChI=1S/C17H19NO4/c19-14(7-6-13-4-2-1-3-5-13)18-12-17(15(18)16(20)21)8-10-22-11-9-17/h1-7,15H,8-12H2,(H,20,21)/b7-6+. The maximum absolute atomic E-state index is 12.3. The Hall–Kier alpha value is -2.14. The zero-order valence-electron chi connectivity index (χ0n) is 12.3. The van der Waals surface area contributed by atoms with Gasteiger partial charge >= 0.3 is 5.97 Å². The van der Waals surface area contributed by atoms with Crippen LogP contribution in [-0.2, 0) is 14.3 Å². The molecule has 1 aromatic rings. The maximum Gasteiger partial charge on any atom is 0.327 e. The Bertz CT molecular complexity index is 590. The number of amides is 1. The van der Waals surface area contributed by atoms with Crippen LogP contribution in [-0.4, -0.2) is 47.7 Å². The monoisotopic (exact) mass is 301 g/mol. The third-order valence-corrected chi connectivity index (χ3v) is 4.60. The molecule has 0 radical (unpaired) electrons. The molecule has 2 aliphatic rings. The van der Waals surface area contributed by atoms with E-state index in [4.69, 9.17) is 4.74 Å². The first-order chi connectivity index (χ1) is 10.6. The number of ether oxygens (including phenoxy) is 1. The van der Waals surface area contributed by atoms with Crippen LogP contribution in [0.5, 0.6) is 0 Å². The van der Waals surface area contributed by atoms with Crippen LogP contribution in [0, 0.1) is 5.41 Å². The molecule has 0 aromatic heterocycles. The number of benzene rings is 1. The van der Waals surface area contributed by atoms with Crippen molar-refractivity contribution in [3.8, 4) is 0 Å². The van der Waals surface area contributed by atoms with Crippen LogP contribution in [0.4, 0.5) is 0 Å². The summed E-state index contributed by atoms with van der Waals surface area (Å²) in [6, 6.07) is 8.76. The van der Waals surface area contributed by atoms with Crippen LogP contribution in [0.15, 0.2) is 36.4 Å². The Labute approximate surface area is 129 Å². The highest BCUT2D eigenvalue weighted by Gasteiger charge is 2.58. The number of hydrogen-bond acceptors (Lipinski definition) is 3. The number of carbonyl (C=O) groups is 2. The third kappa shape index (κ3) is 2.64. The molecule has 2 aliphatic heterocycles. The van der Waals surface area contributed by atoms with Gasteiger partial charge in [-0.1, -0.05) is 30.3 Å². The summed E-state index contributed by atoms with van der Waals surface area (Å²) >= 11 is 0. The molecule has 116 valence electrons. The van der Waals surface area contributed by atoms with Gasteiger partial charge in [0.2, 0.25) is 5.91 Å². The summed E-state index contributed by atoms with van der Waals surface area (Å²) in [5.41, 5.74) is 0.615. The van der Waals surface area contributed by atoms with Crippen LogP contribution >= 0.6 is 0 Å². The van der Waals surface area contributed by atoms with Crippen LogP contribution < -0.4 is 0 Å². The highest BCUT2D eigenvalue weighted by molar-refractivity contribution is 5.96. The number of carboxylic acid groups (broad SMARTS) is 1. The molecule has 0 aliphatic carbocycles. The number of rotatable bonds is 3. The molecule has 5 nitrogen and oxygen atoms in total. The lowest BCUT2D eigenvalue weighted by molar-refractivity contribution is -0.183. The summed E-state index contributed by atoms with van der Waals surface area (Å²) in [6.45, 7) is 1.66. The Morgan fingerprint density at radius 2 is 1.91 bits per heavy atom. The van der Waals surface area contributed by atoms with Crippen molar-refractivity contribution in [3.05, 3.63) is 42.0 Å². The average molecular weight is 301 g/mol. The molecule has 1 N–H and O–H groups in total. The lowest BCUT2D eigenvalue weighted by Crippen LogP contribution is -2.70. The van der Waals surface area contributed by atoms with Gasteiger partial charge in [0, 0.05) is 31.2 Å². The molecule has 2 saturated heterocycles. The van der Waals surface area contributed by atoms with E-state index in [1.807, 2.05) is 30.3 Å². The van der Waals surface area contributed by atoms with Crippen molar-refractivity contribution in [2.24, 2.45) is 5.41 Å². The van der Waals surface area contributed by atoms with Gasteiger partial charge in [-0.2, -0.15) is 0 Å². The van der Waals surface area contributed by atoms with Crippen LogP contribution in [0.1, 0.15) is 18.4 Å². The zero-order valence-corrected chi connectivity index (χ0v) is 12.3. The van der Waals surface area contributed by atoms with Crippen molar-refractivity contribution >= 4 is 18.0 Å². The zero-order chi connectivity index (χ0) is 15.6. The van der Waals surface area contributed by atoms with Gasteiger partial charge in [-0.3, -0.25) is 4.79 Å². The molecule has 0 bridgehead atoms. The smallest absolute Gasteiger partial charge is 0.327 e. The van der Waals surface area contributed by atoms with Crippen LogP contribution in [0.3, 0.4) is 0 Å². The molecule has 1 aromatic carbocycles. The maximum atomic E-state index is 12.3. The summed E-state index contributed by atoms with van der Waals surface area (Å²) in [7, 11) is 0. The van der Waals surface area contributed by atoms with E-state index in [1.54, 1.807) is 6.08 Å². The van der Waals surface area contributed by atoms with E-state index in [9.17, 15) is 14.7 Å². The molecule has 3 rings (SSSR count). The van der Waals surface area contributed by atoms with Gasteiger partial charge < -0.3 is 14.7 Å². The fourth-order valence-electron chi connectivity index (χ4n) is 3.37.